The molecule has 0 bridgehead atoms. The van der Waals surface area contributed by atoms with Crippen LogP contribution in [-0.2, 0) is 9.53 Å². The van der Waals surface area contributed by atoms with E-state index in [0.717, 1.165) is 27.7 Å². The van der Waals surface area contributed by atoms with Gasteiger partial charge in [0.1, 0.15) is 6.10 Å². The molecule has 0 unspecified atom stereocenters. The molecule has 3 N–H and O–H groups in total. The van der Waals surface area contributed by atoms with Gasteiger partial charge in [-0.05, 0) is 79.6 Å². The maximum atomic E-state index is 14.5. The number of nitrogens with zero attached hydrogens (tertiary/aromatic N) is 4. The van der Waals surface area contributed by atoms with Crippen molar-refractivity contribution < 1.29 is 29.0 Å². The fourth-order valence-corrected chi connectivity index (χ4v) is 7.33. The van der Waals surface area contributed by atoms with Gasteiger partial charge in [-0.15, -0.1) is 0 Å². The summed E-state index contributed by atoms with van der Waals surface area (Å²) >= 11 is 0. The normalized spacial score (nSPS) is 14.3. The van der Waals surface area contributed by atoms with Crippen LogP contribution in [0.3, 0.4) is 0 Å². The number of benzene rings is 5. The average molecular weight is 795 g/mol. The highest BCUT2D eigenvalue weighted by Crippen LogP contribution is 2.38. The molecule has 12 heteroatoms. The standard InChI is InChI=1S/C47H50N6O6/c1-50(45(55)37-17-12-18-38(31-37)49-44(54)33-48-32-34-23-24-34)29-30-51-27-25-39(26-28-51)59-47(58)53(43-22-11-9-20-41(43)36-15-6-3-7-16-36)52(46(56)57)42-21-10-8-19-40(42)35-13-4-2-5-14-35/h2-22,31,34,39,48H,23-30,32-33H2,1H3,(H,49,54)(H,56,57). The van der Waals surface area contributed by atoms with Gasteiger partial charge in [-0.1, -0.05) is 103 Å². The summed E-state index contributed by atoms with van der Waals surface area (Å²) in [5.74, 6) is 0.388. The maximum Gasteiger partial charge on any atom is 0.434 e. The van der Waals surface area contributed by atoms with Crippen LogP contribution < -0.4 is 20.7 Å². The van der Waals surface area contributed by atoms with Crippen LogP contribution in [-0.4, -0.2) is 91.3 Å². The van der Waals surface area contributed by atoms with Gasteiger partial charge in [-0.25, -0.2) is 9.59 Å². The summed E-state index contributed by atoms with van der Waals surface area (Å²) in [4.78, 5) is 57.6. The Morgan fingerprint density at radius 3 is 1.88 bits per heavy atom. The number of likely N-dealkylation sites (N-methyl/N-ethyl adjacent to an activating group) is 1. The van der Waals surface area contributed by atoms with E-state index in [4.69, 9.17) is 4.74 Å². The molecule has 7 rings (SSSR count). The first-order chi connectivity index (χ1) is 28.7. The van der Waals surface area contributed by atoms with Gasteiger partial charge in [0.05, 0.1) is 17.9 Å². The largest absolute Gasteiger partial charge is 0.463 e. The minimum Gasteiger partial charge on any atom is -0.463 e. The zero-order chi connectivity index (χ0) is 41.1. The zero-order valence-electron chi connectivity index (χ0n) is 33.2. The number of piperidine rings is 1. The Balaban J connectivity index is 1.01. The van der Waals surface area contributed by atoms with Gasteiger partial charge < -0.3 is 30.3 Å². The number of para-hydroxylation sites is 2. The van der Waals surface area contributed by atoms with Crippen LogP contribution in [0.5, 0.6) is 0 Å². The number of likely N-dealkylation sites (tertiary alicyclic amines) is 1. The van der Waals surface area contributed by atoms with E-state index in [1.54, 1.807) is 60.5 Å². The van der Waals surface area contributed by atoms with E-state index in [9.17, 15) is 24.3 Å². The zero-order valence-corrected chi connectivity index (χ0v) is 33.2. The molecule has 0 radical (unpaired) electrons. The fourth-order valence-electron chi connectivity index (χ4n) is 7.33. The van der Waals surface area contributed by atoms with Gasteiger partial charge in [0.25, 0.3) is 5.91 Å². The van der Waals surface area contributed by atoms with Crippen LogP contribution in [0.25, 0.3) is 22.3 Å². The van der Waals surface area contributed by atoms with E-state index < -0.39 is 18.3 Å². The van der Waals surface area contributed by atoms with Crippen molar-refractivity contribution in [3.05, 3.63) is 139 Å². The molecule has 304 valence electrons. The molecule has 59 heavy (non-hydrogen) atoms. The predicted octanol–water partition coefficient (Wildman–Crippen LogP) is 8.24. The number of carboxylic acid groups (broad SMARTS) is 1. The smallest absolute Gasteiger partial charge is 0.434 e. The summed E-state index contributed by atoms with van der Waals surface area (Å²) in [5, 5.41) is 19.1. The van der Waals surface area contributed by atoms with Crippen molar-refractivity contribution in [2.45, 2.75) is 31.8 Å². The molecular formula is C47H50N6O6. The highest BCUT2D eigenvalue weighted by atomic mass is 16.6. The predicted molar refractivity (Wildman–Crippen MR) is 230 cm³/mol. The molecule has 4 amide bonds. The lowest BCUT2D eigenvalue weighted by molar-refractivity contribution is -0.115. The molecule has 5 aromatic carbocycles. The van der Waals surface area contributed by atoms with Gasteiger partial charge in [-0.2, -0.15) is 10.0 Å². The van der Waals surface area contributed by atoms with E-state index in [-0.39, 0.29) is 18.4 Å². The third-order valence-corrected chi connectivity index (χ3v) is 10.7. The number of rotatable bonds is 14. The van der Waals surface area contributed by atoms with E-state index in [2.05, 4.69) is 15.5 Å². The van der Waals surface area contributed by atoms with Gasteiger partial charge in [0, 0.05) is 55.6 Å². The highest BCUT2D eigenvalue weighted by molar-refractivity contribution is 6.06. The molecule has 2 fully saturated rings. The minimum atomic E-state index is -1.35. The first-order valence-corrected chi connectivity index (χ1v) is 20.2. The molecule has 0 atom stereocenters. The van der Waals surface area contributed by atoms with Crippen molar-refractivity contribution in [3.8, 4) is 22.3 Å². The number of anilines is 3. The number of carbonyl (C=O) groups is 4. The van der Waals surface area contributed by atoms with Crippen LogP contribution in [0.2, 0.25) is 0 Å². The second-order valence-corrected chi connectivity index (χ2v) is 15.0. The Hall–Kier alpha value is -6.50. The van der Waals surface area contributed by atoms with E-state index in [1.807, 2.05) is 84.9 Å². The molecule has 1 heterocycles. The van der Waals surface area contributed by atoms with Crippen LogP contribution in [0.1, 0.15) is 36.0 Å². The second kappa shape index (κ2) is 19.3. The molecule has 1 saturated heterocycles. The average Bonchev–Trinajstić information content (AvgIpc) is 4.10. The Morgan fingerprint density at radius 2 is 1.29 bits per heavy atom. The lowest BCUT2D eigenvalue weighted by Gasteiger charge is -2.37. The van der Waals surface area contributed by atoms with Crippen LogP contribution in [0.15, 0.2) is 133 Å². The van der Waals surface area contributed by atoms with Crippen molar-refractivity contribution in [2.75, 3.05) is 61.7 Å². The molecule has 0 aromatic heterocycles. The SMILES string of the molecule is CN(CCN1CCC(OC(=O)N(c2ccccc2-c2ccccc2)N(C(=O)O)c2ccccc2-c2ccccc2)CC1)C(=O)c1cccc(NC(=O)CNCC2CC2)c1. The Morgan fingerprint density at radius 1 is 0.712 bits per heavy atom. The van der Waals surface area contributed by atoms with Gasteiger partial charge in [0.2, 0.25) is 5.91 Å². The molecule has 1 aliphatic carbocycles. The third-order valence-electron chi connectivity index (χ3n) is 10.7. The number of nitrogens with one attached hydrogen (secondary N) is 2. The number of hydrogen-bond donors (Lipinski definition) is 3. The molecule has 1 aliphatic heterocycles. The number of hydrogen-bond acceptors (Lipinski definition) is 7. The molecule has 12 nitrogen and oxygen atoms in total. The van der Waals surface area contributed by atoms with Crippen molar-refractivity contribution >= 4 is 41.1 Å². The van der Waals surface area contributed by atoms with Crippen LogP contribution in [0.4, 0.5) is 26.7 Å². The number of carbonyl (C=O) groups excluding carboxylic acids is 3. The lowest BCUT2D eigenvalue weighted by atomic mass is 10.0. The third kappa shape index (κ3) is 10.5. The first-order valence-electron chi connectivity index (χ1n) is 20.2. The van der Waals surface area contributed by atoms with E-state index >= 15 is 0 Å². The van der Waals surface area contributed by atoms with Gasteiger partial charge in [0.15, 0.2) is 0 Å². The van der Waals surface area contributed by atoms with Crippen LogP contribution >= 0.6 is 0 Å². The van der Waals surface area contributed by atoms with E-state index in [1.165, 1.54) is 12.8 Å². The quantitative estimate of drug-likeness (QED) is 0.0958. The topological polar surface area (TPSA) is 135 Å². The second-order valence-electron chi connectivity index (χ2n) is 15.0. The number of hydrazine groups is 1. The summed E-state index contributed by atoms with van der Waals surface area (Å²) < 4.78 is 6.20. The minimum absolute atomic E-state index is 0.144. The molecular weight excluding hydrogens is 745 g/mol. The first kappa shape index (κ1) is 40.7. The Labute approximate surface area is 345 Å². The summed E-state index contributed by atoms with van der Waals surface area (Å²) in [6, 6.07) is 40.3. The van der Waals surface area contributed by atoms with Gasteiger partial charge in [-0.3, -0.25) is 9.59 Å². The fraction of sp³-hybridized carbons (Fsp3) is 0.277. The highest BCUT2D eigenvalue weighted by Gasteiger charge is 2.36. The number of amides is 4. The van der Waals surface area contributed by atoms with Crippen molar-refractivity contribution in [2.24, 2.45) is 5.92 Å². The molecule has 0 spiro atoms. The molecule has 5 aromatic rings. The lowest BCUT2D eigenvalue weighted by Crippen LogP contribution is -2.52. The number of ether oxygens (including phenoxy) is 1. The van der Waals surface area contributed by atoms with Crippen molar-refractivity contribution in [1.29, 1.82) is 0 Å². The van der Waals surface area contributed by atoms with Crippen molar-refractivity contribution in [1.82, 2.24) is 15.1 Å². The molecule has 2 aliphatic rings. The summed E-state index contributed by atoms with van der Waals surface area (Å²) in [5.41, 5.74) is 4.62. The molecule has 1 saturated carbocycles. The Kier molecular flexibility index (Phi) is 13.3. The summed E-state index contributed by atoms with van der Waals surface area (Å²) in [6.07, 6.45) is 0.861. The monoisotopic (exact) mass is 794 g/mol. The van der Waals surface area contributed by atoms with E-state index in [0.29, 0.717) is 78.7 Å². The Bertz CT molecular complexity index is 2230. The maximum absolute atomic E-state index is 14.5. The van der Waals surface area contributed by atoms with Crippen LogP contribution in [0, 0.1) is 5.92 Å². The van der Waals surface area contributed by atoms with Crippen molar-refractivity contribution in [3.63, 3.8) is 0 Å². The van der Waals surface area contributed by atoms with Gasteiger partial charge >= 0.3 is 12.2 Å². The summed E-state index contributed by atoms with van der Waals surface area (Å²) in [6.45, 7) is 3.41. The summed E-state index contributed by atoms with van der Waals surface area (Å²) in [7, 11) is 1.76.